The van der Waals surface area contributed by atoms with Crippen LogP contribution in [0.3, 0.4) is 0 Å². The van der Waals surface area contributed by atoms with Crippen LogP contribution in [0, 0.1) is 11.8 Å². The Labute approximate surface area is 261 Å². The standard InChI is InChI=1S/C16H20ClN3O2.C15H18ClN3O2/c1-3-4-11-7-15(21)19(9-11)10-20-14-8-12(22-2)5-6-13(14)18-16(20)17;1-2-3-10-6-14(21)18(8-10)9-19-13-7-11(20)4-5-12(13)17-15(19)16/h5-6,8,11H,3-4,7,9-10H2,1-2H3;4-5,7,10,20H,2-3,6,8-9H2,1H3. The summed E-state index contributed by atoms with van der Waals surface area (Å²) in [7, 11) is 1.63. The number of likely N-dealkylation sites (tertiary alicyclic amines) is 2. The molecule has 2 amide bonds. The molecule has 2 aromatic carbocycles. The lowest BCUT2D eigenvalue weighted by molar-refractivity contribution is -0.129. The van der Waals surface area contributed by atoms with Crippen LogP contribution in [0.5, 0.6) is 11.5 Å². The first-order valence-electron chi connectivity index (χ1n) is 14.8. The number of carbonyl (C=O) groups is 2. The van der Waals surface area contributed by atoms with Crippen molar-refractivity contribution in [2.75, 3.05) is 20.2 Å². The first-order chi connectivity index (χ1) is 20.7. The van der Waals surface area contributed by atoms with Gasteiger partial charge in [0.2, 0.25) is 22.4 Å². The molecule has 4 aromatic rings. The molecule has 2 atom stereocenters. The summed E-state index contributed by atoms with van der Waals surface area (Å²) in [5.74, 6) is 2.16. The van der Waals surface area contributed by atoms with Crippen molar-refractivity contribution in [3.8, 4) is 11.5 Å². The molecule has 0 spiro atoms. The van der Waals surface area contributed by atoms with Crippen molar-refractivity contribution in [3.63, 3.8) is 0 Å². The molecular formula is C31H38Cl2N6O4. The maximum atomic E-state index is 12.2. The van der Waals surface area contributed by atoms with Gasteiger partial charge in [-0.15, -0.1) is 0 Å². The van der Waals surface area contributed by atoms with Crippen molar-refractivity contribution < 1.29 is 19.4 Å². The number of carbonyl (C=O) groups excluding carboxylic acids is 2. The molecule has 0 bridgehead atoms. The maximum absolute atomic E-state index is 12.2. The molecule has 0 saturated carbocycles. The number of phenolic OH excluding ortho intramolecular Hbond substituents is 1. The zero-order valence-electron chi connectivity index (χ0n) is 24.8. The second-order valence-corrected chi connectivity index (χ2v) is 12.1. The second kappa shape index (κ2) is 13.4. The van der Waals surface area contributed by atoms with Crippen molar-refractivity contribution in [2.24, 2.45) is 11.8 Å². The van der Waals surface area contributed by atoms with E-state index in [-0.39, 0.29) is 17.6 Å². The zero-order chi connectivity index (χ0) is 30.7. The van der Waals surface area contributed by atoms with Crippen molar-refractivity contribution in [1.82, 2.24) is 28.9 Å². The van der Waals surface area contributed by atoms with Gasteiger partial charge in [-0.25, -0.2) is 9.97 Å². The number of nitrogens with zero attached hydrogens (tertiary/aromatic N) is 6. The first-order valence-corrected chi connectivity index (χ1v) is 15.6. The van der Waals surface area contributed by atoms with Crippen LogP contribution >= 0.6 is 23.2 Å². The number of hydrogen-bond acceptors (Lipinski definition) is 6. The molecule has 4 heterocycles. The van der Waals surface area contributed by atoms with Crippen LogP contribution in [0.2, 0.25) is 10.6 Å². The fourth-order valence-corrected chi connectivity index (χ4v) is 6.55. The Morgan fingerprint density at radius 2 is 1.30 bits per heavy atom. The SMILES string of the molecule is CCCC1CC(=O)N(Cn2c(Cl)nc3ccc(O)cc32)C1.CCCC1CC(=O)N(Cn2c(Cl)nc3ccc(OC)cc32)C1. The molecule has 6 rings (SSSR count). The van der Waals surface area contributed by atoms with E-state index in [9.17, 15) is 14.7 Å². The van der Waals surface area contributed by atoms with E-state index in [0.717, 1.165) is 66.6 Å². The quantitative estimate of drug-likeness (QED) is 0.233. The van der Waals surface area contributed by atoms with Crippen molar-refractivity contribution >= 4 is 57.1 Å². The molecule has 0 aliphatic carbocycles. The number of aromatic nitrogens is 4. The Morgan fingerprint density at radius 3 is 1.79 bits per heavy atom. The predicted octanol–water partition coefficient (Wildman–Crippen LogP) is 6.31. The third kappa shape index (κ3) is 6.86. The van der Waals surface area contributed by atoms with Gasteiger partial charge in [0.15, 0.2) is 0 Å². The van der Waals surface area contributed by atoms with Gasteiger partial charge in [0, 0.05) is 38.1 Å². The normalized spacial score (nSPS) is 18.6. The van der Waals surface area contributed by atoms with Crippen molar-refractivity contribution in [2.45, 2.75) is 65.7 Å². The summed E-state index contributed by atoms with van der Waals surface area (Å²) in [6, 6.07) is 10.6. The average molecular weight is 630 g/mol. The van der Waals surface area contributed by atoms with Crippen LogP contribution in [0.15, 0.2) is 36.4 Å². The minimum atomic E-state index is 0.159. The van der Waals surface area contributed by atoms with E-state index in [1.54, 1.807) is 29.9 Å². The highest BCUT2D eigenvalue weighted by Crippen LogP contribution is 2.29. The predicted molar refractivity (Wildman–Crippen MR) is 167 cm³/mol. The summed E-state index contributed by atoms with van der Waals surface area (Å²) in [6.45, 7) is 6.68. The molecule has 2 aliphatic heterocycles. The second-order valence-electron chi connectivity index (χ2n) is 11.4. The largest absolute Gasteiger partial charge is 0.508 e. The van der Waals surface area contributed by atoms with Gasteiger partial charge < -0.3 is 19.6 Å². The number of ether oxygens (including phenoxy) is 1. The first kappa shape index (κ1) is 30.9. The van der Waals surface area contributed by atoms with Crippen molar-refractivity contribution in [1.29, 1.82) is 0 Å². The van der Waals surface area contributed by atoms with E-state index in [4.69, 9.17) is 27.9 Å². The van der Waals surface area contributed by atoms with E-state index in [0.29, 0.717) is 48.6 Å². The van der Waals surface area contributed by atoms with Crippen LogP contribution in [-0.2, 0) is 22.9 Å². The minimum absolute atomic E-state index is 0.159. The van der Waals surface area contributed by atoms with E-state index in [2.05, 4.69) is 23.8 Å². The fourth-order valence-electron chi connectivity index (χ4n) is 6.08. The van der Waals surface area contributed by atoms with Gasteiger partial charge in [0.1, 0.15) is 24.8 Å². The summed E-state index contributed by atoms with van der Waals surface area (Å²) in [5.41, 5.74) is 3.15. The molecule has 230 valence electrons. The fraction of sp³-hybridized carbons (Fsp3) is 0.484. The Hall–Kier alpha value is -3.50. The van der Waals surface area contributed by atoms with Gasteiger partial charge in [-0.1, -0.05) is 26.7 Å². The summed E-state index contributed by atoms with van der Waals surface area (Å²) in [6.07, 6.45) is 5.62. The van der Waals surface area contributed by atoms with Gasteiger partial charge >= 0.3 is 0 Å². The molecule has 2 aliphatic rings. The monoisotopic (exact) mass is 628 g/mol. The van der Waals surface area contributed by atoms with E-state index >= 15 is 0 Å². The highest BCUT2D eigenvalue weighted by Gasteiger charge is 2.31. The number of methoxy groups -OCH3 is 1. The molecule has 2 saturated heterocycles. The van der Waals surface area contributed by atoms with Crippen LogP contribution in [0.1, 0.15) is 52.4 Å². The van der Waals surface area contributed by atoms with Crippen molar-refractivity contribution in [3.05, 3.63) is 47.0 Å². The molecule has 10 nitrogen and oxygen atoms in total. The third-order valence-corrected chi connectivity index (χ3v) is 8.78. The summed E-state index contributed by atoms with van der Waals surface area (Å²) >= 11 is 12.4. The van der Waals surface area contributed by atoms with Gasteiger partial charge in [-0.3, -0.25) is 18.7 Å². The molecule has 1 N–H and O–H groups in total. The van der Waals surface area contributed by atoms with Crippen LogP contribution in [0.25, 0.3) is 22.1 Å². The Bertz CT molecular complexity index is 1620. The van der Waals surface area contributed by atoms with Crippen LogP contribution in [-0.4, -0.2) is 66.0 Å². The molecule has 0 radical (unpaired) electrons. The van der Waals surface area contributed by atoms with E-state index < -0.39 is 0 Å². The topological polar surface area (TPSA) is 106 Å². The van der Waals surface area contributed by atoms with Gasteiger partial charge in [0.05, 0.1) is 29.2 Å². The number of phenols is 1. The third-order valence-electron chi connectivity index (χ3n) is 8.20. The van der Waals surface area contributed by atoms with E-state index in [1.807, 2.05) is 32.6 Å². The van der Waals surface area contributed by atoms with Gasteiger partial charge in [-0.05, 0) is 72.1 Å². The number of aromatic hydroxyl groups is 1. The number of amides is 2. The number of halogens is 2. The molecule has 43 heavy (non-hydrogen) atoms. The maximum Gasteiger partial charge on any atom is 0.224 e. The lowest BCUT2D eigenvalue weighted by atomic mass is 10.0. The number of fused-ring (bicyclic) bond motifs is 2. The number of imidazole rings is 2. The minimum Gasteiger partial charge on any atom is -0.508 e. The highest BCUT2D eigenvalue weighted by atomic mass is 35.5. The van der Waals surface area contributed by atoms with Gasteiger partial charge in [-0.2, -0.15) is 0 Å². The molecule has 12 heteroatoms. The molecule has 2 fully saturated rings. The van der Waals surface area contributed by atoms with E-state index in [1.165, 1.54) is 0 Å². The Balaban J connectivity index is 0.000000171. The number of benzene rings is 2. The average Bonchev–Trinajstić information content (AvgIpc) is 3.69. The summed E-state index contributed by atoms with van der Waals surface area (Å²) in [5, 5.41) is 10.4. The van der Waals surface area contributed by atoms with Crippen LogP contribution < -0.4 is 4.74 Å². The number of hydrogen-bond donors (Lipinski definition) is 1. The zero-order valence-corrected chi connectivity index (χ0v) is 26.3. The van der Waals surface area contributed by atoms with Gasteiger partial charge in [0.25, 0.3) is 0 Å². The Kier molecular flexibility index (Phi) is 9.66. The summed E-state index contributed by atoms with van der Waals surface area (Å²) in [4.78, 5) is 36.6. The Morgan fingerprint density at radius 1 is 0.814 bits per heavy atom. The lowest BCUT2D eigenvalue weighted by Crippen LogP contribution is -2.28. The molecule has 2 aromatic heterocycles. The van der Waals surface area contributed by atoms with Crippen LogP contribution in [0.4, 0.5) is 0 Å². The summed E-state index contributed by atoms with van der Waals surface area (Å²) < 4.78 is 8.90. The highest BCUT2D eigenvalue weighted by molar-refractivity contribution is 6.29. The smallest absolute Gasteiger partial charge is 0.224 e. The molecular weight excluding hydrogens is 591 g/mol. The lowest BCUT2D eigenvalue weighted by Gasteiger charge is -2.18. The number of rotatable bonds is 9. The molecule has 2 unspecified atom stereocenters.